The lowest BCUT2D eigenvalue weighted by Crippen LogP contribution is -2.62. The van der Waals surface area contributed by atoms with E-state index in [0.29, 0.717) is 17.8 Å². The monoisotopic (exact) mass is 555 g/mol. The smallest absolute Gasteiger partial charge is 0.275 e. The number of aromatic nitrogens is 1. The summed E-state index contributed by atoms with van der Waals surface area (Å²) >= 11 is 0.548. The predicted octanol–water partition coefficient (Wildman–Crippen LogP) is 4.23. The SMILES string of the molecule is CCN(C(=O)c1c(O)c(=O)c(C(=N)SC(=N)Cc2ccc(F)cc2F)cn1C)C1(NC)CCC(F)(F)CC1. The number of hydrogen-bond acceptors (Lipinski definition) is 7. The summed E-state index contributed by atoms with van der Waals surface area (Å²) in [5, 5.41) is 29.4. The second-order valence-corrected chi connectivity index (χ2v) is 10.2. The first-order valence-corrected chi connectivity index (χ1v) is 12.7. The molecule has 1 saturated carbocycles. The topological polar surface area (TPSA) is 122 Å². The molecule has 2 aromatic rings. The molecule has 1 aromatic carbocycles. The van der Waals surface area contributed by atoms with Crippen molar-refractivity contribution in [2.24, 2.45) is 7.05 Å². The molecule has 13 heteroatoms. The number of pyridine rings is 1. The summed E-state index contributed by atoms with van der Waals surface area (Å²) < 4.78 is 55.9. The molecule has 8 nitrogen and oxygen atoms in total. The zero-order valence-electron chi connectivity index (χ0n) is 21.1. The molecule has 0 radical (unpaired) electrons. The van der Waals surface area contributed by atoms with Crippen LogP contribution in [0, 0.1) is 22.5 Å². The fraction of sp³-hybridized carbons (Fsp3) is 0.440. The van der Waals surface area contributed by atoms with E-state index in [1.807, 2.05) is 0 Å². The molecule has 0 aliphatic heterocycles. The Labute approximate surface area is 221 Å². The van der Waals surface area contributed by atoms with Crippen molar-refractivity contribution in [1.29, 1.82) is 10.8 Å². The number of halogens is 4. The van der Waals surface area contributed by atoms with Crippen molar-refractivity contribution in [2.75, 3.05) is 13.6 Å². The normalized spacial score (nSPS) is 16.2. The molecule has 0 unspecified atom stereocenters. The fourth-order valence-electron chi connectivity index (χ4n) is 4.64. The van der Waals surface area contributed by atoms with E-state index in [2.05, 4.69) is 5.32 Å². The van der Waals surface area contributed by atoms with Crippen molar-refractivity contribution in [2.45, 2.75) is 50.6 Å². The number of aryl methyl sites for hydroxylation is 1. The minimum absolute atomic E-state index is 0.0269. The zero-order valence-corrected chi connectivity index (χ0v) is 21.9. The lowest BCUT2D eigenvalue weighted by Gasteiger charge is -2.47. The van der Waals surface area contributed by atoms with Gasteiger partial charge in [0, 0.05) is 45.1 Å². The predicted molar refractivity (Wildman–Crippen MR) is 137 cm³/mol. The summed E-state index contributed by atoms with van der Waals surface area (Å²) in [5.74, 6) is -6.11. The molecule has 1 aliphatic carbocycles. The van der Waals surface area contributed by atoms with E-state index in [1.54, 1.807) is 14.0 Å². The number of rotatable bonds is 7. The summed E-state index contributed by atoms with van der Waals surface area (Å²) in [6.07, 6.45) is 0.0129. The van der Waals surface area contributed by atoms with Crippen LogP contribution in [0.4, 0.5) is 17.6 Å². The lowest BCUT2D eigenvalue weighted by molar-refractivity contribution is -0.0826. The largest absolute Gasteiger partial charge is 0.503 e. The van der Waals surface area contributed by atoms with Crippen molar-refractivity contribution < 1.29 is 27.5 Å². The third kappa shape index (κ3) is 5.93. The number of amides is 1. The molecule has 0 bridgehead atoms. The quantitative estimate of drug-likeness (QED) is 0.176. The van der Waals surface area contributed by atoms with Crippen LogP contribution >= 0.6 is 11.8 Å². The average Bonchev–Trinajstić information content (AvgIpc) is 2.84. The molecule has 1 fully saturated rings. The maximum absolute atomic E-state index is 13.9. The Morgan fingerprint density at radius 2 is 1.84 bits per heavy atom. The second-order valence-electron chi connectivity index (χ2n) is 9.13. The average molecular weight is 556 g/mol. The Balaban J connectivity index is 1.86. The number of alkyl halides is 2. The molecule has 1 amide bonds. The van der Waals surface area contributed by atoms with E-state index in [1.165, 1.54) is 28.8 Å². The molecule has 1 heterocycles. The van der Waals surface area contributed by atoms with Crippen LogP contribution < -0.4 is 10.7 Å². The van der Waals surface area contributed by atoms with Crippen LogP contribution in [0.15, 0.2) is 29.2 Å². The number of hydrogen-bond donors (Lipinski definition) is 4. The van der Waals surface area contributed by atoms with Crippen LogP contribution in [-0.2, 0) is 13.5 Å². The Bertz CT molecular complexity index is 1320. The lowest BCUT2D eigenvalue weighted by atomic mass is 9.85. The Kier molecular flexibility index (Phi) is 8.72. The first kappa shape index (κ1) is 29.4. The standard InChI is InChI=1S/C25H29F4N5O3S/c1-4-34(25(32-2)9-7-24(28,29)8-10-25)23(37)19-21(36)20(35)16(13-33(19)3)22(31)38-18(30)11-14-5-6-15(26)12-17(14)27/h5-6,12-13,30-32,36H,4,7-11H2,1-3H3. The number of carbonyl (C=O) groups is 1. The Hall–Kier alpha value is -3.19. The molecule has 38 heavy (non-hydrogen) atoms. The van der Waals surface area contributed by atoms with Gasteiger partial charge in [-0.3, -0.25) is 25.7 Å². The van der Waals surface area contributed by atoms with Crippen LogP contribution in [0.1, 0.15) is 54.2 Å². The number of benzene rings is 1. The minimum Gasteiger partial charge on any atom is -0.503 e. The number of nitrogens with one attached hydrogen (secondary N) is 3. The number of aromatic hydroxyl groups is 1. The third-order valence-electron chi connectivity index (χ3n) is 6.75. The summed E-state index contributed by atoms with van der Waals surface area (Å²) in [4.78, 5) is 27.8. The molecule has 0 atom stereocenters. The van der Waals surface area contributed by atoms with Crippen LogP contribution in [0.5, 0.6) is 5.75 Å². The van der Waals surface area contributed by atoms with Crippen LogP contribution in [0.25, 0.3) is 0 Å². The number of carbonyl (C=O) groups excluding carboxylic acids is 1. The van der Waals surface area contributed by atoms with Crippen molar-refractivity contribution in [1.82, 2.24) is 14.8 Å². The number of thioether (sulfide) groups is 1. The van der Waals surface area contributed by atoms with E-state index in [9.17, 15) is 32.3 Å². The molecule has 4 N–H and O–H groups in total. The maximum Gasteiger partial charge on any atom is 0.275 e. The highest BCUT2D eigenvalue weighted by Gasteiger charge is 2.47. The van der Waals surface area contributed by atoms with E-state index in [4.69, 9.17) is 10.8 Å². The molecule has 3 rings (SSSR count). The fourth-order valence-corrected chi connectivity index (χ4v) is 5.37. The van der Waals surface area contributed by atoms with Crippen molar-refractivity contribution in [3.8, 4) is 5.75 Å². The molecule has 1 aromatic heterocycles. The second kappa shape index (κ2) is 11.3. The van der Waals surface area contributed by atoms with Gasteiger partial charge in [-0.2, -0.15) is 0 Å². The molecule has 0 spiro atoms. The minimum atomic E-state index is -2.84. The summed E-state index contributed by atoms with van der Waals surface area (Å²) in [5.41, 5.74) is -2.74. The van der Waals surface area contributed by atoms with Gasteiger partial charge in [-0.15, -0.1) is 0 Å². The highest BCUT2D eigenvalue weighted by molar-refractivity contribution is 8.26. The van der Waals surface area contributed by atoms with Gasteiger partial charge in [-0.05, 0) is 38.4 Å². The van der Waals surface area contributed by atoms with E-state index in [0.717, 1.165) is 6.07 Å². The van der Waals surface area contributed by atoms with Crippen LogP contribution in [-0.4, -0.2) is 55.7 Å². The van der Waals surface area contributed by atoms with E-state index >= 15 is 0 Å². The zero-order chi connectivity index (χ0) is 28.4. The third-order valence-corrected chi connectivity index (χ3v) is 7.56. The van der Waals surface area contributed by atoms with Gasteiger partial charge in [0.2, 0.25) is 11.4 Å². The molecule has 1 aliphatic rings. The molecular formula is C25H29F4N5O3S. The van der Waals surface area contributed by atoms with Crippen molar-refractivity contribution in [3.63, 3.8) is 0 Å². The van der Waals surface area contributed by atoms with Crippen molar-refractivity contribution in [3.05, 3.63) is 63.1 Å². The van der Waals surface area contributed by atoms with Gasteiger partial charge >= 0.3 is 0 Å². The van der Waals surface area contributed by atoms with Crippen LogP contribution in [0.3, 0.4) is 0 Å². The highest BCUT2D eigenvalue weighted by atomic mass is 32.2. The van der Waals surface area contributed by atoms with Gasteiger partial charge in [0.25, 0.3) is 5.91 Å². The maximum atomic E-state index is 13.9. The van der Waals surface area contributed by atoms with Gasteiger partial charge in [-0.1, -0.05) is 17.8 Å². The van der Waals surface area contributed by atoms with Gasteiger partial charge in [-0.25, -0.2) is 17.6 Å². The number of nitrogens with zero attached hydrogens (tertiary/aromatic N) is 2. The molecular weight excluding hydrogens is 526 g/mol. The van der Waals surface area contributed by atoms with Gasteiger partial charge in [0.1, 0.15) is 16.7 Å². The molecule has 0 saturated heterocycles. The summed E-state index contributed by atoms with van der Waals surface area (Å²) in [6.45, 7) is 1.78. The summed E-state index contributed by atoms with van der Waals surface area (Å²) in [6, 6.07) is 2.90. The van der Waals surface area contributed by atoms with E-state index < -0.39 is 58.2 Å². The highest BCUT2D eigenvalue weighted by Crippen LogP contribution is 2.40. The molecule has 206 valence electrons. The van der Waals surface area contributed by atoms with Crippen molar-refractivity contribution >= 4 is 27.8 Å². The van der Waals surface area contributed by atoms with E-state index in [-0.39, 0.29) is 47.7 Å². The van der Waals surface area contributed by atoms with Crippen LogP contribution in [0.2, 0.25) is 0 Å². The van der Waals surface area contributed by atoms with Gasteiger partial charge < -0.3 is 14.6 Å². The van der Waals surface area contributed by atoms with Gasteiger partial charge in [0.15, 0.2) is 11.4 Å². The Morgan fingerprint density at radius 3 is 2.39 bits per heavy atom. The first-order chi connectivity index (χ1) is 17.7. The first-order valence-electron chi connectivity index (χ1n) is 11.8. The summed E-state index contributed by atoms with van der Waals surface area (Å²) in [7, 11) is 2.95. The van der Waals surface area contributed by atoms with Gasteiger partial charge in [0.05, 0.1) is 16.3 Å². The Morgan fingerprint density at radius 1 is 1.21 bits per heavy atom.